The van der Waals surface area contributed by atoms with Crippen LogP contribution in [-0.2, 0) is 4.74 Å². The minimum atomic E-state index is 0.124. The highest BCUT2D eigenvalue weighted by molar-refractivity contribution is 6.15. The van der Waals surface area contributed by atoms with Crippen molar-refractivity contribution in [2.24, 2.45) is 5.92 Å². The van der Waals surface area contributed by atoms with Gasteiger partial charge < -0.3 is 4.74 Å². The van der Waals surface area contributed by atoms with Crippen LogP contribution < -0.4 is 0 Å². The van der Waals surface area contributed by atoms with E-state index in [0.717, 1.165) is 12.8 Å². The molecule has 0 heterocycles. The maximum absolute atomic E-state index is 5.87. The van der Waals surface area contributed by atoms with Crippen molar-refractivity contribution in [3.8, 4) is 0 Å². The molecule has 0 bridgehead atoms. The number of methoxy groups -OCH3 is 1. The average molecular weight is 148 g/mol. The van der Waals surface area contributed by atoms with E-state index in [1.165, 1.54) is 0 Å². The van der Waals surface area contributed by atoms with Crippen LogP contribution in [0.5, 0.6) is 0 Å². The molecule has 0 aliphatic heterocycles. The summed E-state index contributed by atoms with van der Waals surface area (Å²) in [6.45, 7) is 2.15. The van der Waals surface area contributed by atoms with Gasteiger partial charge in [0.2, 0.25) is 0 Å². The summed E-state index contributed by atoms with van der Waals surface area (Å²) in [6.07, 6.45) is 2.13. The Kier molecular flexibility index (Phi) is 3.06. The smallest absolute Gasteiger partial charge is 0.0734 e. The van der Waals surface area contributed by atoms with Gasteiger partial charge in [0.25, 0.3) is 0 Å². The molecule has 4 unspecified atom stereocenters. The standard InChI is InChI=1S/C8H14B2O/c1-5-3-6(9)4-7(10)8(5)11-2/h5-8H,3-4H2,1-2H3. The topological polar surface area (TPSA) is 9.23 Å². The molecule has 0 aromatic heterocycles. The zero-order valence-corrected chi connectivity index (χ0v) is 7.29. The van der Waals surface area contributed by atoms with Crippen LogP contribution in [0.2, 0.25) is 11.6 Å². The fourth-order valence-corrected chi connectivity index (χ4v) is 2.02. The molecule has 4 radical (unpaired) electrons. The molecular formula is C8H14B2O. The lowest BCUT2D eigenvalue weighted by Gasteiger charge is -2.37. The fourth-order valence-electron chi connectivity index (χ4n) is 2.02. The summed E-state index contributed by atoms with van der Waals surface area (Å²) in [4.78, 5) is 0. The van der Waals surface area contributed by atoms with Crippen LogP contribution in [-0.4, -0.2) is 28.9 Å². The van der Waals surface area contributed by atoms with E-state index in [0.29, 0.717) is 5.92 Å². The van der Waals surface area contributed by atoms with Crippen LogP contribution >= 0.6 is 0 Å². The maximum Gasteiger partial charge on any atom is 0.0734 e. The number of hydrogen-bond acceptors (Lipinski definition) is 1. The molecule has 3 heteroatoms. The summed E-state index contributed by atoms with van der Waals surface area (Å²) >= 11 is 0. The zero-order valence-electron chi connectivity index (χ0n) is 7.29. The Hall–Kier alpha value is 0.0899. The molecule has 0 spiro atoms. The molecule has 1 fully saturated rings. The van der Waals surface area contributed by atoms with Crippen LogP contribution in [0.1, 0.15) is 19.8 Å². The molecule has 58 valence electrons. The highest BCUT2D eigenvalue weighted by Crippen LogP contribution is 2.38. The van der Waals surface area contributed by atoms with Gasteiger partial charge in [-0.3, -0.25) is 0 Å². The van der Waals surface area contributed by atoms with Crippen LogP contribution in [0.4, 0.5) is 0 Å². The van der Waals surface area contributed by atoms with Crippen molar-refractivity contribution in [2.75, 3.05) is 7.11 Å². The lowest BCUT2D eigenvalue weighted by Crippen LogP contribution is -2.32. The summed E-state index contributed by atoms with van der Waals surface area (Å²) in [7, 11) is 13.4. The van der Waals surface area contributed by atoms with Gasteiger partial charge in [0.15, 0.2) is 0 Å². The van der Waals surface area contributed by atoms with E-state index in [9.17, 15) is 0 Å². The van der Waals surface area contributed by atoms with Crippen LogP contribution in [0, 0.1) is 5.92 Å². The molecule has 0 aromatic carbocycles. The molecule has 0 N–H and O–H groups in total. The van der Waals surface area contributed by atoms with Crippen LogP contribution in [0.3, 0.4) is 0 Å². The normalized spacial score (nSPS) is 45.6. The van der Waals surface area contributed by atoms with E-state index < -0.39 is 0 Å². The second-order valence-electron chi connectivity index (χ2n) is 3.57. The fraction of sp³-hybridized carbons (Fsp3) is 1.00. The number of hydrogen-bond donors (Lipinski definition) is 0. The van der Waals surface area contributed by atoms with E-state index in [-0.39, 0.29) is 17.7 Å². The summed E-state index contributed by atoms with van der Waals surface area (Å²) in [5, 5.41) is 0. The Balaban J connectivity index is 2.52. The van der Waals surface area contributed by atoms with E-state index in [4.69, 9.17) is 20.4 Å². The lowest BCUT2D eigenvalue weighted by atomic mass is 9.60. The first-order valence-corrected chi connectivity index (χ1v) is 4.19. The average Bonchev–Trinajstić information content (AvgIpc) is 1.85. The predicted octanol–water partition coefficient (Wildman–Crippen LogP) is 1.35. The minimum Gasteiger partial charge on any atom is -0.382 e. The molecule has 4 atom stereocenters. The molecule has 0 saturated heterocycles. The van der Waals surface area contributed by atoms with Crippen molar-refractivity contribution < 1.29 is 4.74 Å². The SMILES string of the molecule is [B]C1CC([B])C(OC)C(C)C1. The van der Waals surface area contributed by atoms with E-state index in [2.05, 4.69) is 6.92 Å². The summed E-state index contributed by atoms with van der Waals surface area (Å²) < 4.78 is 5.28. The van der Waals surface area contributed by atoms with Crippen molar-refractivity contribution in [1.82, 2.24) is 0 Å². The Bertz CT molecular complexity index is 117. The first-order chi connectivity index (χ1) is 5.15. The second kappa shape index (κ2) is 3.66. The number of ether oxygens (including phenoxy) is 1. The Labute approximate surface area is 71.7 Å². The van der Waals surface area contributed by atoms with Gasteiger partial charge in [0, 0.05) is 7.11 Å². The Morgan fingerprint density at radius 1 is 1.27 bits per heavy atom. The molecule has 1 rings (SSSR count). The van der Waals surface area contributed by atoms with Crippen molar-refractivity contribution in [2.45, 2.75) is 37.5 Å². The zero-order chi connectivity index (χ0) is 8.43. The minimum absolute atomic E-state index is 0.124. The lowest BCUT2D eigenvalue weighted by molar-refractivity contribution is 0.0322. The van der Waals surface area contributed by atoms with Gasteiger partial charge in [0.1, 0.15) is 0 Å². The molecule has 0 aromatic rings. The molecule has 0 amide bonds. The van der Waals surface area contributed by atoms with Gasteiger partial charge in [-0.1, -0.05) is 31.4 Å². The summed E-state index contributed by atoms with van der Waals surface area (Å²) in [5.74, 6) is 0.892. The first kappa shape index (κ1) is 9.18. The third kappa shape index (κ3) is 2.02. The third-order valence-electron chi connectivity index (χ3n) is 2.50. The molecule has 1 nitrogen and oxygen atoms in total. The highest BCUT2D eigenvalue weighted by Gasteiger charge is 2.30. The first-order valence-electron chi connectivity index (χ1n) is 4.19. The van der Waals surface area contributed by atoms with Gasteiger partial charge >= 0.3 is 0 Å². The monoisotopic (exact) mass is 148 g/mol. The third-order valence-corrected chi connectivity index (χ3v) is 2.50. The molecule has 1 aliphatic rings. The maximum atomic E-state index is 5.87. The highest BCUT2D eigenvalue weighted by atomic mass is 16.5. The van der Waals surface area contributed by atoms with Gasteiger partial charge in [-0.25, -0.2) is 0 Å². The van der Waals surface area contributed by atoms with Gasteiger partial charge in [-0.2, -0.15) is 0 Å². The number of rotatable bonds is 1. The predicted molar refractivity (Wildman–Crippen MR) is 48.2 cm³/mol. The van der Waals surface area contributed by atoms with Crippen molar-refractivity contribution in [3.63, 3.8) is 0 Å². The Morgan fingerprint density at radius 3 is 2.36 bits per heavy atom. The molecule has 1 saturated carbocycles. The van der Waals surface area contributed by atoms with Crippen LogP contribution in [0.25, 0.3) is 0 Å². The molecular weight excluding hydrogens is 134 g/mol. The van der Waals surface area contributed by atoms with Crippen molar-refractivity contribution in [3.05, 3.63) is 0 Å². The van der Waals surface area contributed by atoms with Crippen molar-refractivity contribution in [1.29, 1.82) is 0 Å². The summed E-state index contributed by atoms with van der Waals surface area (Å²) in [5.41, 5.74) is 0. The van der Waals surface area contributed by atoms with Gasteiger partial charge in [-0.15, -0.1) is 0 Å². The molecule has 11 heavy (non-hydrogen) atoms. The molecule has 1 aliphatic carbocycles. The van der Waals surface area contributed by atoms with Gasteiger partial charge in [-0.05, 0) is 5.92 Å². The van der Waals surface area contributed by atoms with E-state index >= 15 is 0 Å². The summed E-state index contributed by atoms with van der Waals surface area (Å²) in [6, 6.07) is 0. The quantitative estimate of drug-likeness (QED) is 0.509. The van der Waals surface area contributed by atoms with Gasteiger partial charge in [0.05, 0.1) is 21.8 Å². The van der Waals surface area contributed by atoms with E-state index in [1.807, 2.05) is 0 Å². The van der Waals surface area contributed by atoms with E-state index in [1.54, 1.807) is 7.11 Å². The van der Waals surface area contributed by atoms with Crippen LogP contribution in [0.15, 0.2) is 0 Å². The van der Waals surface area contributed by atoms with Crippen molar-refractivity contribution >= 4 is 15.7 Å². The largest absolute Gasteiger partial charge is 0.382 e. The Morgan fingerprint density at radius 2 is 1.91 bits per heavy atom. The second-order valence-corrected chi connectivity index (χ2v) is 3.57.